The Balaban J connectivity index is 1.43. The van der Waals surface area contributed by atoms with Gasteiger partial charge in [-0.1, -0.05) is 0 Å². The molecule has 0 fully saturated rings. The number of amides is 1. The van der Waals surface area contributed by atoms with Crippen LogP contribution in [0, 0.1) is 0 Å². The molecule has 3 heterocycles. The van der Waals surface area contributed by atoms with Crippen molar-refractivity contribution in [3.8, 4) is 5.75 Å². The Morgan fingerprint density at radius 3 is 3.00 bits per heavy atom. The second-order valence-electron chi connectivity index (χ2n) is 5.27. The molecule has 0 aliphatic rings. The summed E-state index contributed by atoms with van der Waals surface area (Å²) in [5, 5.41) is 7.49. The molecule has 25 heavy (non-hydrogen) atoms. The van der Waals surface area contributed by atoms with Gasteiger partial charge in [-0.2, -0.15) is 5.10 Å². The Morgan fingerprint density at radius 2 is 2.08 bits per heavy atom. The Kier molecular flexibility index (Phi) is 3.62. The third kappa shape index (κ3) is 3.18. The van der Waals surface area contributed by atoms with Gasteiger partial charge in [0.05, 0.1) is 11.9 Å². The van der Waals surface area contributed by atoms with Crippen molar-refractivity contribution >= 4 is 28.2 Å². The van der Waals surface area contributed by atoms with Crippen molar-refractivity contribution in [2.24, 2.45) is 0 Å². The Labute approximate surface area is 140 Å². The summed E-state index contributed by atoms with van der Waals surface area (Å²) in [6.45, 7) is -0.183. The van der Waals surface area contributed by atoms with Crippen molar-refractivity contribution in [1.29, 1.82) is 0 Å². The summed E-state index contributed by atoms with van der Waals surface area (Å²) in [5.41, 5.74) is 1.23. The summed E-state index contributed by atoms with van der Waals surface area (Å²) in [6, 6.07) is 11.5. The topological polar surface area (TPSA) is 98.7 Å². The highest BCUT2D eigenvalue weighted by Crippen LogP contribution is 2.19. The van der Waals surface area contributed by atoms with Crippen LogP contribution in [0.4, 0.5) is 5.69 Å². The summed E-state index contributed by atoms with van der Waals surface area (Å²) >= 11 is 0. The molecule has 0 unspecified atom stereocenters. The third-order valence-electron chi connectivity index (χ3n) is 3.52. The van der Waals surface area contributed by atoms with E-state index in [1.807, 2.05) is 0 Å². The maximum Gasteiger partial charge on any atom is 0.336 e. The van der Waals surface area contributed by atoms with E-state index < -0.39 is 5.63 Å². The van der Waals surface area contributed by atoms with Crippen molar-refractivity contribution in [1.82, 2.24) is 14.6 Å². The molecule has 1 N–H and O–H groups in total. The second kappa shape index (κ2) is 6.08. The molecule has 8 heteroatoms. The summed E-state index contributed by atoms with van der Waals surface area (Å²) < 4.78 is 12.1. The van der Waals surface area contributed by atoms with Gasteiger partial charge in [0, 0.05) is 17.5 Å². The monoisotopic (exact) mass is 336 g/mol. The largest absolute Gasteiger partial charge is 0.484 e. The zero-order chi connectivity index (χ0) is 17.2. The number of nitrogens with one attached hydrogen (secondary N) is 1. The number of ether oxygens (including phenoxy) is 1. The molecule has 3 aromatic heterocycles. The van der Waals surface area contributed by atoms with E-state index >= 15 is 0 Å². The lowest BCUT2D eigenvalue weighted by molar-refractivity contribution is -0.118. The molecule has 4 aromatic rings. The average Bonchev–Trinajstić information content (AvgIpc) is 3.07. The van der Waals surface area contributed by atoms with E-state index in [4.69, 9.17) is 9.15 Å². The number of anilines is 1. The van der Waals surface area contributed by atoms with Gasteiger partial charge in [0.2, 0.25) is 0 Å². The molecule has 0 saturated carbocycles. The zero-order valence-corrected chi connectivity index (χ0v) is 12.9. The van der Waals surface area contributed by atoms with Crippen LogP contribution in [-0.2, 0) is 4.79 Å². The lowest BCUT2D eigenvalue weighted by Gasteiger charge is -2.08. The highest BCUT2D eigenvalue weighted by Gasteiger charge is 2.06. The Morgan fingerprint density at radius 1 is 1.20 bits per heavy atom. The van der Waals surface area contributed by atoms with Crippen LogP contribution in [0.3, 0.4) is 0 Å². The van der Waals surface area contributed by atoms with Gasteiger partial charge >= 0.3 is 5.63 Å². The van der Waals surface area contributed by atoms with Crippen LogP contribution in [-0.4, -0.2) is 27.1 Å². The van der Waals surface area contributed by atoms with Gasteiger partial charge in [-0.05, 0) is 30.3 Å². The van der Waals surface area contributed by atoms with E-state index in [1.54, 1.807) is 47.1 Å². The molecule has 0 atom stereocenters. The van der Waals surface area contributed by atoms with Gasteiger partial charge in [-0.3, -0.25) is 4.79 Å². The molecular weight excluding hydrogens is 324 g/mol. The first-order valence-corrected chi connectivity index (χ1v) is 7.43. The molecule has 0 aliphatic heterocycles. The normalized spacial score (nSPS) is 10.9. The molecule has 0 radical (unpaired) electrons. The SMILES string of the molecule is O=C(COc1ccc2ccc(=O)oc2c1)Nc1ccc2ncnn2c1. The van der Waals surface area contributed by atoms with Crippen LogP contribution in [0.2, 0.25) is 0 Å². The van der Waals surface area contributed by atoms with E-state index in [-0.39, 0.29) is 12.5 Å². The van der Waals surface area contributed by atoms with Crippen molar-refractivity contribution in [3.05, 3.63) is 65.4 Å². The highest BCUT2D eigenvalue weighted by molar-refractivity contribution is 5.91. The first-order chi connectivity index (χ1) is 12.2. The fourth-order valence-corrected chi connectivity index (χ4v) is 2.37. The fraction of sp³-hybridized carbons (Fsp3) is 0.0588. The highest BCUT2D eigenvalue weighted by atomic mass is 16.5. The minimum Gasteiger partial charge on any atom is -0.484 e. The average molecular weight is 336 g/mol. The zero-order valence-electron chi connectivity index (χ0n) is 12.9. The number of benzene rings is 1. The number of carbonyl (C=O) groups is 1. The first-order valence-electron chi connectivity index (χ1n) is 7.43. The first kappa shape index (κ1) is 14.9. The standard InChI is InChI=1S/C17H12N4O4/c22-16(20-12-3-5-15-18-10-19-21(15)8-12)9-24-13-4-1-11-2-6-17(23)25-14(11)7-13/h1-8,10H,9H2,(H,20,22). The smallest absolute Gasteiger partial charge is 0.336 e. The van der Waals surface area contributed by atoms with Gasteiger partial charge in [0.25, 0.3) is 5.91 Å². The van der Waals surface area contributed by atoms with Crippen LogP contribution in [0.25, 0.3) is 16.6 Å². The van der Waals surface area contributed by atoms with E-state index in [0.717, 1.165) is 5.39 Å². The van der Waals surface area contributed by atoms with Crippen LogP contribution >= 0.6 is 0 Å². The third-order valence-corrected chi connectivity index (χ3v) is 3.52. The maximum atomic E-state index is 12.0. The molecule has 4 rings (SSSR count). The molecule has 1 amide bonds. The van der Waals surface area contributed by atoms with Crippen molar-refractivity contribution in [2.45, 2.75) is 0 Å². The fourth-order valence-electron chi connectivity index (χ4n) is 2.37. The van der Waals surface area contributed by atoms with Gasteiger partial charge in [0.15, 0.2) is 12.3 Å². The van der Waals surface area contributed by atoms with E-state index in [0.29, 0.717) is 22.7 Å². The number of aromatic nitrogens is 3. The van der Waals surface area contributed by atoms with Crippen LogP contribution in [0.1, 0.15) is 0 Å². The van der Waals surface area contributed by atoms with Gasteiger partial charge in [-0.25, -0.2) is 14.3 Å². The summed E-state index contributed by atoms with van der Waals surface area (Å²) in [4.78, 5) is 27.3. The van der Waals surface area contributed by atoms with Crippen LogP contribution in [0.15, 0.2) is 64.2 Å². The minimum atomic E-state index is -0.439. The summed E-state index contributed by atoms with van der Waals surface area (Å²) in [6.07, 6.45) is 3.09. The van der Waals surface area contributed by atoms with E-state index in [1.165, 1.54) is 12.4 Å². The molecule has 0 aliphatic carbocycles. The predicted octanol–water partition coefficient (Wildman–Crippen LogP) is 1.85. The maximum absolute atomic E-state index is 12.0. The number of pyridine rings is 1. The molecule has 1 aromatic carbocycles. The quantitative estimate of drug-likeness (QED) is 0.571. The molecule has 124 valence electrons. The lowest BCUT2D eigenvalue weighted by atomic mass is 10.2. The van der Waals surface area contributed by atoms with Crippen LogP contribution in [0.5, 0.6) is 5.75 Å². The van der Waals surface area contributed by atoms with E-state index in [2.05, 4.69) is 15.4 Å². The molecule has 0 spiro atoms. The summed E-state index contributed by atoms with van der Waals surface area (Å²) in [7, 11) is 0. The number of hydrogen-bond donors (Lipinski definition) is 1. The number of hydrogen-bond acceptors (Lipinski definition) is 6. The molecular formula is C17H12N4O4. The number of fused-ring (bicyclic) bond motifs is 2. The predicted molar refractivity (Wildman–Crippen MR) is 89.6 cm³/mol. The van der Waals surface area contributed by atoms with Gasteiger partial charge in [0.1, 0.15) is 17.7 Å². The Hall–Kier alpha value is -3.68. The number of rotatable bonds is 4. The van der Waals surface area contributed by atoms with Crippen molar-refractivity contribution in [2.75, 3.05) is 11.9 Å². The number of nitrogens with zero attached hydrogens (tertiary/aromatic N) is 3. The lowest BCUT2D eigenvalue weighted by Crippen LogP contribution is -2.20. The van der Waals surface area contributed by atoms with Crippen LogP contribution < -0.4 is 15.7 Å². The molecule has 0 saturated heterocycles. The van der Waals surface area contributed by atoms with Gasteiger partial charge in [-0.15, -0.1) is 0 Å². The van der Waals surface area contributed by atoms with Crippen molar-refractivity contribution in [3.63, 3.8) is 0 Å². The Bertz CT molecular complexity index is 1130. The van der Waals surface area contributed by atoms with E-state index in [9.17, 15) is 9.59 Å². The van der Waals surface area contributed by atoms with Crippen molar-refractivity contribution < 1.29 is 13.9 Å². The second-order valence-corrected chi connectivity index (χ2v) is 5.27. The van der Waals surface area contributed by atoms with Gasteiger partial charge < -0.3 is 14.5 Å². The molecule has 0 bridgehead atoms. The molecule has 8 nitrogen and oxygen atoms in total. The summed E-state index contributed by atoms with van der Waals surface area (Å²) in [5.74, 6) is 0.109. The number of carbonyl (C=O) groups excluding carboxylic acids is 1. The minimum absolute atomic E-state index is 0.183.